The molecule has 28 heavy (non-hydrogen) atoms. The quantitative estimate of drug-likeness (QED) is 0.728. The van der Waals surface area contributed by atoms with E-state index in [0.717, 1.165) is 63.5 Å². The predicted molar refractivity (Wildman–Crippen MR) is 111 cm³/mol. The molecule has 1 saturated carbocycles. The Labute approximate surface area is 173 Å². The highest BCUT2D eigenvalue weighted by Crippen LogP contribution is 2.43. The number of carbonyl (C=O) groups excluding carboxylic acids is 2. The van der Waals surface area contributed by atoms with E-state index in [9.17, 15) is 9.59 Å². The number of likely N-dealkylation sites (tertiary alicyclic amines) is 2. The van der Waals surface area contributed by atoms with Gasteiger partial charge in [-0.1, -0.05) is 49.4 Å². The first-order valence-corrected chi connectivity index (χ1v) is 11.2. The standard InChI is InChI=1S/C23H31ClN2O2/c1-25-19-13-16-26(20(19)7-3-4-8-21(25)27)22(28)23(14-5-2-6-15-23)17-9-11-18(24)12-10-17/h9-12,19-20H,2-8,13-16H2,1H3/t19-,20+/m0/s1. The first kappa shape index (κ1) is 19.8. The van der Waals surface area contributed by atoms with Crippen LogP contribution in [0.5, 0.6) is 0 Å². The molecule has 152 valence electrons. The van der Waals surface area contributed by atoms with Crippen LogP contribution >= 0.6 is 11.6 Å². The predicted octanol–water partition coefficient (Wildman–Crippen LogP) is 4.54. The van der Waals surface area contributed by atoms with E-state index in [1.165, 1.54) is 6.42 Å². The smallest absolute Gasteiger partial charge is 0.233 e. The van der Waals surface area contributed by atoms with Crippen molar-refractivity contribution in [3.8, 4) is 0 Å². The lowest BCUT2D eigenvalue weighted by Crippen LogP contribution is -2.53. The monoisotopic (exact) mass is 402 g/mol. The number of fused-ring (bicyclic) bond motifs is 1. The van der Waals surface area contributed by atoms with Gasteiger partial charge in [0, 0.05) is 25.0 Å². The Balaban J connectivity index is 1.65. The van der Waals surface area contributed by atoms with E-state index in [2.05, 4.69) is 4.90 Å². The van der Waals surface area contributed by atoms with E-state index >= 15 is 0 Å². The molecule has 2 aliphatic heterocycles. The topological polar surface area (TPSA) is 40.6 Å². The van der Waals surface area contributed by atoms with Crippen LogP contribution in [-0.4, -0.2) is 47.3 Å². The molecule has 2 amide bonds. The van der Waals surface area contributed by atoms with Crippen LogP contribution in [0, 0.1) is 0 Å². The van der Waals surface area contributed by atoms with E-state index < -0.39 is 5.41 Å². The van der Waals surface area contributed by atoms with E-state index in [-0.39, 0.29) is 23.9 Å². The summed E-state index contributed by atoms with van der Waals surface area (Å²) in [6.07, 6.45) is 9.71. The average Bonchev–Trinajstić information content (AvgIpc) is 3.13. The minimum absolute atomic E-state index is 0.160. The van der Waals surface area contributed by atoms with Crippen LogP contribution in [-0.2, 0) is 15.0 Å². The third-order valence-electron chi connectivity index (χ3n) is 7.32. The SMILES string of the molecule is CN1C(=O)CCCC[C@@H]2[C@@H]1CCN2C(=O)C1(c2ccc(Cl)cc2)CCCCC1. The van der Waals surface area contributed by atoms with Crippen molar-refractivity contribution in [3.63, 3.8) is 0 Å². The molecule has 2 heterocycles. The van der Waals surface area contributed by atoms with Gasteiger partial charge in [-0.05, 0) is 49.8 Å². The van der Waals surface area contributed by atoms with Gasteiger partial charge >= 0.3 is 0 Å². The van der Waals surface area contributed by atoms with Gasteiger partial charge in [-0.3, -0.25) is 9.59 Å². The van der Waals surface area contributed by atoms with Crippen molar-refractivity contribution >= 4 is 23.4 Å². The van der Waals surface area contributed by atoms with Gasteiger partial charge in [-0.25, -0.2) is 0 Å². The number of hydrogen-bond acceptors (Lipinski definition) is 2. The third kappa shape index (κ3) is 3.45. The van der Waals surface area contributed by atoms with Crippen LogP contribution in [0.25, 0.3) is 0 Å². The van der Waals surface area contributed by atoms with Gasteiger partial charge in [0.2, 0.25) is 11.8 Å². The largest absolute Gasteiger partial charge is 0.341 e. The Hall–Kier alpha value is -1.55. The maximum absolute atomic E-state index is 14.0. The Bertz CT molecular complexity index is 727. The molecule has 4 nitrogen and oxygen atoms in total. The average molecular weight is 403 g/mol. The normalized spacial score (nSPS) is 27.9. The summed E-state index contributed by atoms with van der Waals surface area (Å²) >= 11 is 6.12. The summed E-state index contributed by atoms with van der Waals surface area (Å²) in [5.41, 5.74) is 0.684. The summed E-state index contributed by atoms with van der Waals surface area (Å²) in [6.45, 7) is 0.765. The van der Waals surface area contributed by atoms with Crippen molar-refractivity contribution in [3.05, 3.63) is 34.9 Å². The lowest BCUT2D eigenvalue weighted by Gasteiger charge is -2.42. The minimum atomic E-state index is -0.428. The number of amides is 2. The molecule has 1 aromatic rings. The molecule has 0 N–H and O–H groups in total. The van der Waals surface area contributed by atoms with Crippen molar-refractivity contribution in [1.82, 2.24) is 9.80 Å². The van der Waals surface area contributed by atoms with Crippen LogP contribution in [0.3, 0.4) is 0 Å². The number of halogens is 1. The number of benzene rings is 1. The molecule has 2 atom stereocenters. The second kappa shape index (κ2) is 8.06. The van der Waals surface area contributed by atoms with Gasteiger partial charge in [0.05, 0.1) is 17.5 Å². The van der Waals surface area contributed by atoms with Gasteiger partial charge < -0.3 is 9.80 Å². The summed E-state index contributed by atoms with van der Waals surface area (Å²) in [7, 11) is 1.93. The molecule has 2 saturated heterocycles. The number of nitrogens with zero attached hydrogens (tertiary/aromatic N) is 2. The zero-order chi connectivity index (χ0) is 19.7. The zero-order valence-corrected chi connectivity index (χ0v) is 17.6. The molecule has 0 radical (unpaired) electrons. The van der Waals surface area contributed by atoms with Crippen molar-refractivity contribution < 1.29 is 9.59 Å². The molecule has 0 aromatic heterocycles. The van der Waals surface area contributed by atoms with E-state index in [0.29, 0.717) is 11.4 Å². The third-order valence-corrected chi connectivity index (χ3v) is 7.57. The fourth-order valence-electron chi connectivity index (χ4n) is 5.71. The van der Waals surface area contributed by atoms with Crippen molar-refractivity contribution in [2.24, 2.45) is 0 Å². The van der Waals surface area contributed by atoms with Gasteiger partial charge in [-0.2, -0.15) is 0 Å². The highest BCUT2D eigenvalue weighted by Gasteiger charge is 2.49. The summed E-state index contributed by atoms with van der Waals surface area (Å²) in [4.78, 5) is 30.5. The van der Waals surface area contributed by atoms with Gasteiger partial charge in [0.15, 0.2) is 0 Å². The lowest BCUT2D eigenvalue weighted by atomic mass is 9.68. The molecule has 5 heteroatoms. The molecule has 3 fully saturated rings. The molecule has 3 aliphatic rings. The minimum Gasteiger partial charge on any atom is -0.341 e. The zero-order valence-electron chi connectivity index (χ0n) is 16.8. The van der Waals surface area contributed by atoms with Crippen LogP contribution in [0.2, 0.25) is 5.02 Å². The fraction of sp³-hybridized carbons (Fsp3) is 0.652. The Morgan fingerprint density at radius 3 is 2.43 bits per heavy atom. The van der Waals surface area contributed by atoms with Crippen molar-refractivity contribution in [2.75, 3.05) is 13.6 Å². The van der Waals surface area contributed by atoms with Gasteiger partial charge in [0.1, 0.15) is 0 Å². The summed E-state index contributed by atoms with van der Waals surface area (Å²) in [5.74, 6) is 0.512. The second-order valence-electron chi connectivity index (χ2n) is 8.82. The molecular weight excluding hydrogens is 372 g/mol. The lowest BCUT2D eigenvalue weighted by molar-refractivity contribution is -0.142. The highest BCUT2D eigenvalue weighted by atomic mass is 35.5. The number of carbonyl (C=O) groups is 2. The summed E-state index contributed by atoms with van der Waals surface area (Å²) in [6, 6.07) is 8.25. The van der Waals surface area contributed by atoms with Crippen LogP contribution in [0.15, 0.2) is 24.3 Å². The molecule has 1 aromatic carbocycles. The van der Waals surface area contributed by atoms with Crippen molar-refractivity contribution in [1.29, 1.82) is 0 Å². The fourth-order valence-corrected chi connectivity index (χ4v) is 5.83. The van der Waals surface area contributed by atoms with E-state index in [4.69, 9.17) is 11.6 Å². The molecular formula is C23H31ClN2O2. The molecule has 0 bridgehead atoms. The van der Waals surface area contributed by atoms with Crippen molar-refractivity contribution in [2.45, 2.75) is 81.7 Å². The highest BCUT2D eigenvalue weighted by molar-refractivity contribution is 6.30. The Morgan fingerprint density at radius 1 is 1.00 bits per heavy atom. The van der Waals surface area contributed by atoms with Crippen LogP contribution in [0.4, 0.5) is 0 Å². The summed E-state index contributed by atoms with van der Waals surface area (Å²) < 4.78 is 0. The summed E-state index contributed by atoms with van der Waals surface area (Å²) in [5, 5.41) is 0.712. The maximum Gasteiger partial charge on any atom is 0.233 e. The van der Waals surface area contributed by atoms with E-state index in [1.807, 2.05) is 36.2 Å². The second-order valence-corrected chi connectivity index (χ2v) is 9.26. The maximum atomic E-state index is 14.0. The molecule has 4 rings (SSSR count). The molecule has 1 aliphatic carbocycles. The van der Waals surface area contributed by atoms with Crippen LogP contribution < -0.4 is 0 Å². The van der Waals surface area contributed by atoms with Gasteiger partial charge in [-0.15, -0.1) is 0 Å². The van der Waals surface area contributed by atoms with E-state index in [1.54, 1.807) is 0 Å². The molecule has 0 unspecified atom stereocenters. The Morgan fingerprint density at radius 2 is 1.71 bits per heavy atom. The number of hydrogen-bond donors (Lipinski definition) is 0. The number of likely N-dealkylation sites (N-methyl/N-ethyl adjacent to an activating group) is 1. The molecule has 0 spiro atoms. The first-order chi connectivity index (χ1) is 13.5. The van der Waals surface area contributed by atoms with Crippen LogP contribution in [0.1, 0.15) is 69.8 Å². The Kier molecular flexibility index (Phi) is 5.69. The van der Waals surface area contributed by atoms with Gasteiger partial charge in [0.25, 0.3) is 0 Å². The number of rotatable bonds is 2. The first-order valence-electron chi connectivity index (χ1n) is 10.9.